The molecule has 6 heteroatoms. The zero-order valence-electron chi connectivity index (χ0n) is 7.02. The number of methoxy groups -OCH3 is 1. The van der Waals surface area contributed by atoms with Crippen LogP contribution in [0.25, 0.3) is 0 Å². The molecule has 1 aliphatic heterocycles. The number of hydrogen-bond donors (Lipinski definition) is 0. The minimum Gasteiger partial charge on any atom is -0.359 e. The summed E-state index contributed by atoms with van der Waals surface area (Å²) in [5.41, 5.74) is 0. The van der Waals surface area contributed by atoms with Crippen LogP contribution < -0.4 is 0 Å². The highest BCUT2D eigenvalue weighted by molar-refractivity contribution is 7.89. The average Bonchev–Trinajstić information content (AvgIpc) is 2.32. The van der Waals surface area contributed by atoms with Gasteiger partial charge in [-0.25, -0.2) is 8.42 Å². The van der Waals surface area contributed by atoms with Crippen molar-refractivity contribution in [3.63, 3.8) is 0 Å². The van der Waals surface area contributed by atoms with Crippen molar-refractivity contribution in [2.75, 3.05) is 32.9 Å². The van der Waals surface area contributed by atoms with E-state index >= 15 is 0 Å². The molecule has 12 heavy (non-hydrogen) atoms. The Hall–Kier alpha value is -0.170. The molecule has 0 bridgehead atoms. The largest absolute Gasteiger partial charge is 0.359 e. The van der Waals surface area contributed by atoms with Crippen LogP contribution in [0.15, 0.2) is 0 Å². The van der Waals surface area contributed by atoms with Gasteiger partial charge in [-0.1, -0.05) is 0 Å². The zero-order valence-corrected chi connectivity index (χ0v) is 7.84. The number of nitrogens with zero attached hydrogens (tertiary/aromatic N) is 1. The molecule has 0 unspecified atom stereocenters. The fourth-order valence-corrected chi connectivity index (χ4v) is 2.45. The molecule has 0 amide bonds. The van der Waals surface area contributed by atoms with E-state index in [1.54, 1.807) is 0 Å². The SMILES string of the molecule is COCOCN1CCCS1(=O)=O. The fourth-order valence-electron chi connectivity index (χ4n) is 1.06. The molecule has 0 spiro atoms. The first-order chi connectivity index (χ1) is 5.67. The van der Waals surface area contributed by atoms with Crippen LogP contribution in [0.1, 0.15) is 6.42 Å². The Kier molecular flexibility index (Phi) is 3.45. The maximum Gasteiger partial charge on any atom is 0.216 e. The Morgan fingerprint density at radius 3 is 2.75 bits per heavy atom. The van der Waals surface area contributed by atoms with Crippen LogP contribution in [-0.4, -0.2) is 45.7 Å². The van der Waals surface area contributed by atoms with E-state index in [9.17, 15) is 8.42 Å². The van der Waals surface area contributed by atoms with Gasteiger partial charge in [0, 0.05) is 13.7 Å². The van der Waals surface area contributed by atoms with Gasteiger partial charge in [0.2, 0.25) is 10.0 Å². The number of sulfonamides is 1. The molecule has 0 saturated carbocycles. The van der Waals surface area contributed by atoms with Gasteiger partial charge in [0.05, 0.1) is 5.75 Å². The number of hydrogen-bond acceptors (Lipinski definition) is 4. The van der Waals surface area contributed by atoms with Crippen molar-refractivity contribution in [2.24, 2.45) is 0 Å². The molecule has 72 valence electrons. The third-order valence-corrected chi connectivity index (χ3v) is 3.52. The van der Waals surface area contributed by atoms with Crippen molar-refractivity contribution in [3.05, 3.63) is 0 Å². The molecular formula is C6H13NO4S. The summed E-state index contributed by atoms with van der Waals surface area (Å²) in [4.78, 5) is 0. The second-order valence-electron chi connectivity index (χ2n) is 2.58. The normalized spacial score (nSPS) is 23.1. The Balaban J connectivity index is 2.32. The molecule has 0 radical (unpaired) electrons. The van der Waals surface area contributed by atoms with Gasteiger partial charge in [-0.2, -0.15) is 4.31 Å². The monoisotopic (exact) mass is 195 g/mol. The van der Waals surface area contributed by atoms with E-state index in [0.29, 0.717) is 13.0 Å². The molecule has 5 nitrogen and oxygen atoms in total. The summed E-state index contributed by atoms with van der Waals surface area (Å²) >= 11 is 0. The summed E-state index contributed by atoms with van der Waals surface area (Å²) in [6.45, 7) is 0.800. The van der Waals surface area contributed by atoms with Gasteiger partial charge in [0.1, 0.15) is 13.5 Å². The molecule has 0 N–H and O–H groups in total. The van der Waals surface area contributed by atoms with Gasteiger partial charge in [0.15, 0.2) is 0 Å². The summed E-state index contributed by atoms with van der Waals surface area (Å²) < 4.78 is 33.2. The molecule has 0 aromatic carbocycles. The molecular weight excluding hydrogens is 182 g/mol. The lowest BCUT2D eigenvalue weighted by Crippen LogP contribution is -2.28. The second-order valence-corrected chi connectivity index (χ2v) is 4.67. The molecule has 1 fully saturated rings. The lowest BCUT2D eigenvalue weighted by molar-refractivity contribution is -0.0543. The van der Waals surface area contributed by atoms with E-state index in [4.69, 9.17) is 4.74 Å². The van der Waals surface area contributed by atoms with Crippen molar-refractivity contribution in [1.82, 2.24) is 4.31 Å². The Morgan fingerprint density at radius 2 is 2.25 bits per heavy atom. The molecule has 1 heterocycles. The van der Waals surface area contributed by atoms with Crippen LogP contribution in [0.2, 0.25) is 0 Å². The molecule has 1 saturated heterocycles. The van der Waals surface area contributed by atoms with E-state index in [-0.39, 0.29) is 19.3 Å². The van der Waals surface area contributed by atoms with E-state index in [2.05, 4.69) is 4.74 Å². The van der Waals surface area contributed by atoms with Gasteiger partial charge in [-0.15, -0.1) is 0 Å². The van der Waals surface area contributed by atoms with E-state index in [1.807, 2.05) is 0 Å². The summed E-state index contributed by atoms with van der Waals surface area (Å²) in [6.07, 6.45) is 0.693. The van der Waals surface area contributed by atoms with Gasteiger partial charge in [-0.3, -0.25) is 0 Å². The first-order valence-electron chi connectivity index (χ1n) is 3.71. The second kappa shape index (κ2) is 4.18. The minimum atomic E-state index is -3.01. The third kappa shape index (κ3) is 2.41. The van der Waals surface area contributed by atoms with Crippen molar-refractivity contribution in [3.8, 4) is 0 Å². The lowest BCUT2D eigenvalue weighted by atomic mass is 10.5. The first kappa shape index (κ1) is 9.91. The molecule has 0 aromatic rings. The van der Waals surface area contributed by atoms with Crippen LogP contribution in [0.3, 0.4) is 0 Å². The smallest absolute Gasteiger partial charge is 0.216 e. The fraction of sp³-hybridized carbons (Fsp3) is 1.00. The van der Waals surface area contributed by atoms with Gasteiger partial charge in [-0.05, 0) is 6.42 Å². The highest BCUT2D eigenvalue weighted by Gasteiger charge is 2.27. The zero-order chi connectivity index (χ0) is 9.03. The predicted octanol–water partition coefficient (Wildman–Crippen LogP) is -0.400. The standard InChI is InChI=1S/C6H13NO4S/c1-10-6-11-5-7-3-2-4-12(7,8)9/h2-6H2,1H3. The van der Waals surface area contributed by atoms with Crippen LogP contribution in [0.4, 0.5) is 0 Å². The van der Waals surface area contributed by atoms with Crippen LogP contribution in [0, 0.1) is 0 Å². The van der Waals surface area contributed by atoms with Crippen molar-refractivity contribution < 1.29 is 17.9 Å². The van der Waals surface area contributed by atoms with E-state index in [0.717, 1.165) is 0 Å². The predicted molar refractivity (Wildman–Crippen MR) is 42.9 cm³/mol. The summed E-state index contributed by atoms with van der Waals surface area (Å²) in [6, 6.07) is 0. The van der Waals surface area contributed by atoms with Crippen molar-refractivity contribution in [2.45, 2.75) is 6.42 Å². The first-order valence-corrected chi connectivity index (χ1v) is 5.32. The molecule has 1 aliphatic rings. The summed E-state index contributed by atoms with van der Waals surface area (Å²) in [7, 11) is -1.52. The van der Waals surface area contributed by atoms with Crippen molar-refractivity contribution in [1.29, 1.82) is 0 Å². The topological polar surface area (TPSA) is 55.8 Å². The van der Waals surface area contributed by atoms with Crippen LogP contribution in [-0.2, 0) is 19.5 Å². The van der Waals surface area contributed by atoms with Crippen LogP contribution >= 0.6 is 0 Å². The Bertz CT molecular complexity index is 226. The highest BCUT2D eigenvalue weighted by atomic mass is 32.2. The Labute approximate surface area is 72.3 Å². The van der Waals surface area contributed by atoms with Gasteiger partial charge < -0.3 is 9.47 Å². The van der Waals surface area contributed by atoms with Gasteiger partial charge in [0.25, 0.3) is 0 Å². The van der Waals surface area contributed by atoms with E-state index in [1.165, 1.54) is 11.4 Å². The maximum absolute atomic E-state index is 11.2. The molecule has 0 atom stereocenters. The minimum absolute atomic E-state index is 0.107. The van der Waals surface area contributed by atoms with E-state index < -0.39 is 10.0 Å². The third-order valence-electron chi connectivity index (χ3n) is 1.64. The Morgan fingerprint density at radius 1 is 1.50 bits per heavy atom. The number of rotatable bonds is 4. The molecule has 1 rings (SSSR count). The average molecular weight is 195 g/mol. The summed E-state index contributed by atoms with van der Waals surface area (Å²) in [5.74, 6) is 0.239. The molecule has 0 aliphatic carbocycles. The van der Waals surface area contributed by atoms with Gasteiger partial charge >= 0.3 is 0 Å². The number of ether oxygens (including phenoxy) is 2. The van der Waals surface area contributed by atoms with Crippen molar-refractivity contribution >= 4 is 10.0 Å². The quantitative estimate of drug-likeness (QED) is 0.452. The lowest BCUT2D eigenvalue weighted by Gasteiger charge is -2.13. The molecule has 0 aromatic heterocycles. The summed E-state index contributed by atoms with van der Waals surface area (Å²) in [5, 5.41) is 0. The maximum atomic E-state index is 11.2. The highest BCUT2D eigenvalue weighted by Crippen LogP contribution is 2.12. The van der Waals surface area contributed by atoms with Crippen LogP contribution in [0.5, 0.6) is 0 Å².